The maximum absolute atomic E-state index is 11.1. The molecular formula is C14H25NO3. The molecule has 1 spiro atoms. The molecule has 0 aromatic heterocycles. The molecule has 0 aromatic rings. The van der Waals surface area contributed by atoms with Crippen LogP contribution in [0.5, 0.6) is 0 Å². The molecule has 104 valence electrons. The van der Waals surface area contributed by atoms with Crippen LogP contribution in [0.25, 0.3) is 0 Å². The quantitative estimate of drug-likeness (QED) is 0.818. The molecule has 1 saturated carbocycles. The van der Waals surface area contributed by atoms with Crippen LogP contribution in [-0.4, -0.2) is 47.3 Å². The van der Waals surface area contributed by atoms with Crippen LogP contribution in [0.15, 0.2) is 0 Å². The predicted molar refractivity (Wildman–Crippen MR) is 69.7 cm³/mol. The van der Waals surface area contributed by atoms with Crippen molar-refractivity contribution in [3.63, 3.8) is 0 Å². The van der Waals surface area contributed by atoms with Gasteiger partial charge in [-0.1, -0.05) is 19.8 Å². The number of rotatable bonds is 5. The standard InChI is InChI=1S/C14H25NO3/c1-3-12(13(16)17)15(2)10-11-6-9-14(18-11)7-4-5-8-14/h11-12H,3-10H2,1-2H3,(H,16,17). The lowest BCUT2D eigenvalue weighted by molar-refractivity contribution is -0.143. The van der Waals surface area contributed by atoms with E-state index in [2.05, 4.69) is 0 Å². The number of aliphatic carboxylic acids is 1. The van der Waals surface area contributed by atoms with Crippen molar-refractivity contribution in [2.75, 3.05) is 13.6 Å². The first-order valence-electron chi connectivity index (χ1n) is 7.17. The number of likely N-dealkylation sites (N-methyl/N-ethyl adjacent to an activating group) is 1. The Morgan fingerprint density at radius 2 is 2.11 bits per heavy atom. The van der Waals surface area contributed by atoms with E-state index < -0.39 is 5.97 Å². The second kappa shape index (κ2) is 5.57. The zero-order valence-corrected chi connectivity index (χ0v) is 11.5. The number of carboxylic acids is 1. The Balaban J connectivity index is 1.85. The summed E-state index contributed by atoms with van der Waals surface area (Å²) in [4.78, 5) is 13.0. The van der Waals surface area contributed by atoms with Crippen LogP contribution >= 0.6 is 0 Å². The lowest BCUT2D eigenvalue weighted by Gasteiger charge is -2.28. The van der Waals surface area contributed by atoms with Crippen LogP contribution < -0.4 is 0 Å². The molecule has 2 aliphatic rings. The van der Waals surface area contributed by atoms with Crippen LogP contribution in [-0.2, 0) is 9.53 Å². The van der Waals surface area contributed by atoms with E-state index in [4.69, 9.17) is 9.84 Å². The molecule has 1 N–H and O–H groups in total. The topological polar surface area (TPSA) is 49.8 Å². The molecule has 1 aliphatic carbocycles. The van der Waals surface area contributed by atoms with Gasteiger partial charge >= 0.3 is 5.97 Å². The van der Waals surface area contributed by atoms with Crippen molar-refractivity contribution in [3.05, 3.63) is 0 Å². The average molecular weight is 255 g/mol. The van der Waals surface area contributed by atoms with E-state index in [1.807, 2.05) is 18.9 Å². The zero-order valence-electron chi connectivity index (χ0n) is 11.5. The molecule has 0 aromatic carbocycles. The first-order valence-corrected chi connectivity index (χ1v) is 7.17. The van der Waals surface area contributed by atoms with Gasteiger partial charge in [-0.05, 0) is 39.2 Å². The van der Waals surface area contributed by atoms with Gasteiger partial charge in [0.15, 0.2) is 0 Å². The summed E-state index contributed by atoms with van der Waals surface area (Å²) in [6, 6.07) is -0.381. The number of nitrogens with zero attached hydrogens (tertiary/aromatic N) is 1. The minimum atomic E-state index is -0.728. The number of hydrogen-bond donors (Lipinski definition) is 1. The summed E-state index contributed by atoms with van der Waals surface area (Å²) in [6.45, 7) is 2.66. The highest BCUT2D eigenvalue weighted by Gasteiger charge is 2.42. The van der Waals surface area contributed by atoms with E-state index in [1.54, 1.807) is 0 Å². The van der Waals surface area contributed by atoms with Gasteiger partial charge in [-0.3, -0.25) is 9.69 Å². The fourth-order valence-electron chi connectivity index (χ4n) is 3.53. The molecule has 0 bridgehead atoms. The van der Waals surface area contributed by atoms with E-state index in [9.17, 15) is 4.79 Å². The fraction of sp³-hybridized carbons (Fsp3) is 0.929. The van der Waals surface area contributed by atoms with Crippen LogP contribution in [0.3, 0.4) is 0 Å². The summed E-state index contributed by atoms with van der Waals surface area (Å²) in [6.07, 6.45) is 8.08. The van der Waals surface area contributed by atoms with Crippen LogP contribution in [0.1, 0.15) is 51.9 Å². The molecule has 0 radical (unpaired) electrons. The van der Waals surface area contributed by atoms with Gasteiger partial charge in [0.25, 0.3) is 0 Å². The minimum absolute atomic E-state index is 0.149. The monoisotopic (exact) mass is 255 g/mol. The molecule has 18 heavy (non-hydrogen) atoms. The summed E-state index contributed by atoms with van der Waals surface area (Å²) in [5.41, 5.74) is 0.149. The molecule has 0 amide bonds. The number of carbonyl (C=O) groups is 1. The van der Waals surface area contributed by atoms with Gasteiger partial charge in [0.05, 0.1) is 11.7 Å². The van der Waals surface area contributed by atoms with Crippen LogP contribution in [0.2, 0.25) is 0 Å². The van der Waals surface area contributed by atoms with Crippen molar-refractivity contribution in [3.8, 4) is 0 Å². The molecule has 2 fully saturated rings. The first kappa shape index (κ1) is 13.8. The van der Waals surface area contributed by atoms with Crippen molar-refractivity contribution < 1.29 is 14.6 Å². The van der Waals surface area contributed by atoms with Crippen molar-refractivity contribution in [2.45, 2.75) is 69.6 Å². The Morgan fingerprint density at radius 3 is 2.67 bits per heavy atom. The van der Waals surface area contributed by atoms with Gasteiger partial charge in [-0.25, -0.2) is 0 Å². The predicted octanol–water partition coefficient (Wildman–Crippen LogP) is 2.27. The van der Waals surface area contributed by atoms with E-state index in [1.165, 1.54) is 25.7 Å². The molecular weight excluding hydrogens is 230 g/mol. The van der Waals surface area contributed by atoms with E-state index >= 15 is 0 Å². The molecule has 4 heteroatoms. The van der Waals surface area contributed by atoms with Crippen molar-refractivity contribution >= 4 is 5.97 Å². The molecule has 2 rings (SSSR count). The van der Waals surface area contributed by atoms with Gasteiger partial charge in [-0.15, -0.1) is 0 Å². The molecule has 2 atom stereocenters. The lowest BCUT2D eigenvalue weighted by atomic mass is 9.98. The van der Waals surface area contributed by atoms with Crippen LogP contribution in [0.4, 0.5) is 0 Å². The maximum atomic E-state index is 11.1. The lowest BCUT2D eigenvalue weighted by Crippen LogP contribution is -2.42. The van der Waals surface area contributed by atoms with Gasteiger partial charge in [0, 0.05) is 6.54 Å². The average Bonchev–Trinajstić information content (AvgIpc) is 2.90. The van der Waals surface area contributed by atoms with Crippen molar-refractivity contribution in [1.82, 2.24) is 4.90 Å². The Labute approximate surface area is 109 Å². The highest BCUT2D eigenvalue weighted by Crippen LogP contribution is 2.43. The highest BCUT2D eigenvalue weighted by molar-refractivity contribution is 5.73. The molecule has 1 saturated heterocycles. The number of carboxylic acid groups (broad SMARTS) is 1. The smallest absolute Gasteiger partial charge is 0.320 e. The Bertz CT molecular complexity index is 299. The Hall–Kier alpha value is -0.610. The Morgan fingerprint density at radius 1 is 1.44 bits per heavy atom. The van der Waals surface area contributed by atoms with E-state index in [0.717, 1.165) is 19.4 Å². The van der Waals surface area contributed by atoms with Crippen molar-refractivity contribution in [2.24, 2.45) is 0 Å². The minimum Gasteiger partial charge on any atom is -0.480 e. The second-order valence-electron chi connectivity index (χ2n) is 5.87. The highest BCUT2D eigenvalue weighted by atomic mass is 16.5. The Kier molecular flexibility index (Phi) is 4.28. The van der Waals surface area contributed by atoms with Gasteiger partial charge in [0.1, 0.15) is 6.04 Å². The van der Waals surface area contributed by atoms with Gasteiger partial charge in [-0.2, -0.15) is 0 Å². The molecule has 1 heterocycles. The second-order valence-corrected chi connectivity index (χ2v) is 5.87. The zero-order chi connectivity index (χ0) is 13.2. The van der Waals surface area contributed by atoms with Gasteiger partial charge < -0.3 is 9.84 Å². The third kappa shape index (κ3) is 2.86. The SMILES string of the molecule is CCC(C(=O)O)N(C)CC1CCC2(CCCC2)O1. The third-order valence-electron chi connectivity index (χ3n) is 4.55. The van der Waals surface area contributed by atoms with Gasteiger partial charge in [0.2, 0.25) is 0 Å². The number of hydrogen-bond acceptors (Lipinski definition) is 3. The largest absolute Gasteiger partial charge is 0.480 e. The first-order chi connectivity index (χ1) is 8.56. The summed E-state index contributed by atoms with van der Waals surface area (Å²) < 4.78 is 6.22. The fourth-order valence-corrected chi connectivity index (χ4v) is 3.53. The normalized spacial score (nSPS) is 28.1. The number of ether oxygens (including phenoxy) is 1. The van der Waals surface area contributed by atoms with Crippen LogP contribution in [0, 0.1) is 0 Å². The molecule has 1 aliphatic heterocycles. The maximum Gasteiger partial charge on any atom is 0.320 e. The van der Waals surface area contributed by atoms with E-state index in [-0.39, 0.29) is 17.7 Å². The van der Waals surface area contributed by atoms with Crippen molar-refractivity contribution in [1.29, 1.82) is 0 Å². The summed E-state index contributed by atoms with van der Waals surface area (Å²) in [5.74, 6) is -0.728. The third-order valence-corrected chi connectivity index (χ3v) is 4.55. The molecule has 4 nitrogen and oxygen atoms in total. The van der Waals surface area contributed by atoms with E-state index in [0.29, 0.717) is 6.42 Å². The molecule has 2 unspecified atom stereocenters. The summed E-state index contributed by atoms with van der Waals surface area (Å²) in [5, 5.41) is 9.14. The summed E-state index contributed by atoms with van der Waals surface area (Å²) >= 11 is 0. The summed E-state index contributed by atoms with van der Waals surface area (Å²) in [7, 11) is 1.89.